The Bertz CT molecular complexity index is 936. The monoisotopic (exact) mass is 406 g/mol. The molecule has 27 heavy (non-hydrogen) atoms. The van der Waals surface area contributed by atoms with E-state index in [4.69, 9.17) is 5.26 Å². The lowest BCUT2D eigenvalue weighted by Gasteiger charge is -2.31. The normalized spacial score (nSPS) is 16.1. The van der Waals surface area contributed by atoms with Gasteiger partial charge in [0, 0.05) is 10.6 Å². The highest BCUT2D eigenvalue weighted by molar-refractivity contribution is 7.99. The zero-order valence-electron chi connectivity index (χ0n) is 14.8. The van der Waals surface area contributed by atoms with Crippen LogP contribution in [0.5, 0.6) is 0 Å². The minimum atomic E-state index is -3.65. The van der Waals surface area contributed by atoms with Crippen LogP contribution in [0.3, 0.4) is 0 Å². The molecule has 0 unspecified atom stereocenters. The van der Waals surface area contributed by atoms with Crippen molar-refractivity contribution in [3.05, 3.63) is 59.9 Å². The molecule has 0 aliphatic carbocycles. The molecule has 1 saturated heterocycles. The van der Waals surface area contributed by atoms with Gasteiger partial charge in [0.05, 0.1) is 43.2 Å². The third-order valence-corrected chi connectivity index (χ3v) is 7.61. The van der Waals surface area contributed by atoms with Crippen molar-refractivity contribution in [3.8, 4) is 6.07 Å². The van der Waals surface area contributed by atoms with Crippen LogP contribution in [0.1, 0.15) is 5.56 Å². The third kappa shape index (κ3) is 4.68. The average molecular weight is 407 g/mol. The van der Waals surface area contributed by atoms with Gasteiger partial charge in [0.15, 0.2) is 0 Å². The van der Waals surface area contributed by atoms with Crippen molar-refractivity contribution in [2.24, 2.45) is 0 Å². The summed E-state index contributed by atoms with van der Waals surface area (Å²) in [5, 5.41) is 9.17. The summed E-state index contributed by atoms with van der Waals surface area (Å²) in [6.45, 7) is 3.09. The van der Waals surface area contributed by atoms with E-state index in [-0.39, 0.29) is 16.3 Å². The lowest BCUT2D eigenvalue weighted by atomic mass is 10.2. The van der Waals surface area contributed by atoms with Gasteiger partial charge in [0.25, 0.3) is 0 Å². The highest BCUT2D eigenvalue weighted by Gasteiger charge is 2.31. The van der Waals surface area contributed by atoms with Crippen LogP contribution in [-0.2, 0) is 10.0 Å². The summed E-state index contributed by atoms with van der Waals surface area (Å²) in [4.78, 5) is 2.02. The molecule has 0 atom stereocenters. The molecule has 0 aromatic heterocycles. The Labute approximate surface area is 163 Å². The first-order valence-corrected chi connectivity index (χ1v) is 11.1. The van der Waals surface area contributed by atoms with Crippen LogP contribution in [0.2, 0.25) is 0 Å². The molecule has 0 spiro atoms. The molecule has 142 valence electrons. The van der Waals surface area contributed by atoms with E-state index in [0.717, 1.165) is 12.3 Å². The Morgan fingerprint density at radius 3 is 2.48 bits per heavy atom. The van der Waals surface area contributed by atoms with Gasteiger partial charge in [0.1, 0.15) is 11.9 Å². The zero-order chi connectivity index (χ0) is 19.3. The summed E-state index contributed by atoms with van der Waals surface area (Å²) in [5.41, 5.74) is 0.175. The lowest BCUT2D eigenvalue weighted by Crippen LogP contribution is -3.15. The zero-order valence-corrected chi connectivity index (χ0v) is 16.4. The second-order valence-corrected chi connectivity index (χ2v) is 9.33. The highest BCUT2D eigenvalue weighted by Crippen LogP contribution is 2.21. The fourth-order valence-electron chi connectivity index (χ4n) is 3.08. The fraction of sp³-hybridized carbons (Fsp3) is 0.316. The Morgan fingerprint density at radius 2 is 1.78 bits per heavy atom. The third-order valence-electron chi connectivity index (χ3n) is 4.60. The topological polar surface area (TPSA) is 65.6 Å². The SMILES string of the molecule is N#Cc1ccccc1S(=O)(=O)N1CC[NH+](CCSc2ccccc2F)CC1. The van der Waals surface area contributed by atoms with Crippen LogP contribution in [0.25, 0.3) is 0 Å². The summed E-state index contributed by atoms with van der Waals surface area (Å²) in [7, 11) is -3.65. The molecular formula is C19H21FN3O2S2+. The van der Waals surface area contributed by atoms with E-state index in [2.05, 4.69) is 0 Å². The maximum absolute atomic E-state index is 13.6. The number of thioether (sulfide) groups is 1. The summed E-state index contributed by atoms with van der Waals surface area (Å²) in [6.07, 6.45) is 0. The minimum Gasteiger partial charge on any atom is -0.332 e. The van der Waals surface area contributed by atoms with Crippen molar-refractivity contribution in [2.45, 2.75) is 9.79 Å². The van der Waals surface area contributed by atoms with Crippen molar-refractivity contribution >= 4 is 21.8 Å². The average Bonchev–Trinajstić information content (AvgIpc) is 2.70. The van der Waals surface area contributed by atoms with Crippen molar-refractivity contribution in [3.63, 3.8) is 0 Å². The molecule has 2 aromatic carbocycles. The molecule has 1 N–H and O–H groups in total. The van der Waals surface area contributed by atoms with Crippen molar-refractivity contribution in [1.29, 1.82) is 5.26 Å². The van der Waals surface area contributed by atoms with Gasteiger partial charge in [0.2, 0.25) is 10.0 Å². The van der Waals surface area contributed by atoms with Gasteiger partial charge in [-0.2, -0.15) is 9.57 Å². The second kappa shape index (κ2) is 8.85. The Hall–Kier alpha value is -1.92. The minimum absolute atomic E-state index is 0.0751. The molecule has 8 heteroatoms. The summed E-state index contributed by atoms with van der Waals surface area (Å²) in [5.74, 6) is 0.574. The standard InChI is InChI=1S/C19H20FN3O2S2/c20-17-6-2-3-7-18(17)26-14-13-22-9-11-23(12-10-22)27(24,25)19-8-4-1-5-16(19)15-21/h1-8H,9-14H2/p+1. The maximum Gasteiger partial charge on any atom is 0.244 e. The number of nitrogens with one attached hydrogen (secondary N) is 1. The van der Waals surface area contributed by atoms with E-state index < -0.39 is 10.0 Å². The van der Waals surface area contributed by atoms with Gasteiger partial charge in [-0.05, 0) is 24.3 Å². The van der Waals surface area contributed by atoms with Crippen molar-refractivity contribution in [1.82, 2.24) is 4.31 Å². The summed E-state index contributed by atoms with van der Waals surface area (Å²) in [6, 6.07) is 15.0. The summed E-state index contributed by atoms with van der Waals surface area (Å²) < 4.78 is 40.8. The number of nitriles is 1. The number of sulfonamides is 1. The fourth-order valence-corrected chi connectivity index (χ4v) is 5.66. The first-order valence-electron chi connectivity index (χ1n) is 8.72. The molecule has 0 amide bonds. The van der Waals surface area contributed by atoms with E-state index in [1.807, 2.05) is 12.1 Å². The molecule has 3 rings (SSSR count). The number of hydrogen-bond acceptors (Lipinski definition) is 4. The molecule has 1 aliphatic heterocycles. The smallest absolute Gasteiger partial charge is 0.244 e. The van der Waals surface area contributed by atoms with Gasteiger partial charge < -0.3 is 4.90 Å². The van der Waals surface area contributed by atoms with Crippen LogP contribution in [0.15, 0.2) is 58.3 Å². The van der Waals surface area contributed by atoms with E-state index in [0.29, 0.717) is 31.1 Å². The van der Waals surface area contributed by atoms with Crippen molar-refractivity contribution in [2.75, 3.05) is 38.5 Å². The molecule has 5 nitrogen and oxygen atoms in total. The van der Waals surface area contributed by atoms with Crippen molar-refractivity contribution < 1.29 is 17.7 Å². The maximum atomic E-state index is 13.6. The predicted octanol–water partition coefficient (Wildman–Crippen LogP) is 1.38. The second-order valence-electron chi connectivity index (χ2n) is 6.29. The lowest BCUT2D eigenvalue weighted by molar-refractivity contribution is -0.901. The van der Waals surface area contributed by atoms with E-state index in [1.54, 1.807) is 24.3 Å². The number of nitrogens with zero attached hydrogens (tertiary/aromatic N) is 2. The number of benzene rings is 2. The van der Waals surface area contributed by atoms with Gasteiger partial charge in [-0.15, -0.1) is 11.8 Å². The largest absolute Gasteiger partial charge is 0.332 e. The first kappa shape index (κ1) is 19.8. The van der Waals surface area contributed by atoms with Crippen LogP contribution >= 0.6 is 11.8 Å². The van der Waals surface area contributed by atoms with E-state index in [1.165, 1.54) is 39.2 Å². The number of piperazine rings is 1. The molecular weight excluding hydrogens is 385 g/mol. The number of halogens is 1. The number of hydrogen-bond donors (Lipinski definition) is 1. The Kier molecular flexibility index (Phi) is 6.50. The molecule has 0 saturated carbocycles. The van der Waals surface area contributed by atoms with Gasteiger partial charge in [-0.1, -0.05) is 24.3 Å². The molecule has 1 aliphatic rings. The van der Waals surface area contributed by atoms with Crippen LogP contribution < -0.4 is 4.90 Å². The van der Waals surface area contributed by atoms with Crippen LogP contribution in [0.4, 0.5) is 4.39 Å². The molecule has 1 fully saturated rings. The number of rotatable bonds is 6. The quantitative estimate of drug-likeness (QED) is 0.736. The van der Waals surface area contributed by atoms with E-state index in [9.17, 15) is 12.8 Å². The van der Waals surface area contributed by atoms with Gasteiger partial charge in [-0.25, -0.2) is 12.8 Å². The molecule has 0 bridgehead atoms. The number of quaternary nitrogens is 1. The Balaban J connectivity index is 1.54. The molecule has 2 aromatic rings. The first-order chi connectivity index (χ1) is 13.0. The van der Waals surface area contributed by atoms with Crippen LogP contribution in [-0.4, -0.2) is 51.2 Å². The molecule has 1 heterocycles. The Morgan fingerprint density at radius 1 is 1.11 bits per heavy atom. The van der Waals surface area contributed by atoms with Gasteiger partial charge in [-0.3, -0.25) is 0 Å². The van der Waals surface area contributed by atoms with Gasteiger partial charge >= 0.3 is 0 Å². The summed E-state index contributed by atoms with van der Waals surface area (Å²) >= 11 is 1.49. The predicted molar refractivity (Wildman–Crippen MR) is 103 cm³/mol. The van der Waals surface area contributed by atoms with E-state index >= 15 is 0 Å². The molecule has 0 radical (unpaired) electrons. The highest BCUT2D eigenvalue weighted by atomic mass is 32.2. The van der Waals surface area contributed by atoms with Crippen LogP contribution in [0, 0.1) is 17.1 Å².